The first kappa shape index (κ1) is 13.7. The number of halogens is 1. The maximum Gasteiger partial charge on any atom is 0.292 e. The van der Waals surface area contributed by atoms with Crippen molar-refractivity contribution in [3.63, 3.8) is 0 Å². The average molecular weight is 268 g/mol. The van der Waals surface area contributed by atoms with Gasteiger partial charge in [0.2, 0.25) is 0 Å². The van der Waals surface area contributed by atoms with E-state index in [1.165, 1.54) is 12.1 Å². The molecule has 0 spiro atoms. The summed E-state index contributed by atoms with van der Waals surface area (Å²) >= 11 is 0. The highest BCUT2D eigenvalue weighted by Gasteiger charge is 2.29. The molecule has 1 aliphatic carbocycles. The smallest absolute Gasteiger partial charge is 0.292 e. The Labute approximate surface area is 110 Å². The molecule has 5 nitrogen and oxygen atoms in total. The van der Waals surface area contributed by atoms with Crippen molar-refractivity contribution in [3.05, 3.63) is 34.1 Å². The van der Waals surface area contributed by atoms with Crippen LogP contribution in [0.5, 0.6) is 0 Å². The molecule has 19 heavy (non-hydrogen) atoms. The van der Waals surface area contributed by atoms with E-state index in [2.05, 4.69) is 0 Å². The molecule has 0 heterocycles. The molecule has 0 radical (unpaired) electrons. The van der Waals surface area contributed by atoms with Crippen LogP contribution in [-0.4, -0.2) is 29.2 Å². The van der Waals surface area contributed by atoms with Crippen LogP contribution in [0.1, 0.15) is 25.7 Å². The molecule has 2 rings (SSSR count). The number of aliphatic hydroxyl groups excluding tert-OH is 1. The Hall–Kier alpha value is -1.69. The van der Waals surface area contributed by atoms with Crippen molar-refractivity contribution in [3.8, 4) is 0 Å². The van der Waals surface area contributed by atoms with Crippen LogP contribution in [0.15, 0.2) is 18.2 Å². The summed E-state index contributed by atoms with van der Waals surface area (Å²) in [5.41, 5.74) is 0.245. The van der Waals surface area contributed by atoms with E-state index in [-0.39, 0.29) is 18.3 Å². The third-order valence-corrected chi connectivity index (χ3v) is 3.52. The molecule has 0 amide bonds. The molecule has 6 heteroatoms. The molecule has 1 aromatic rings. The summed E-state index contributed by atoms with van der Waals surface area (Å²) in [7, 11) is 0. The van der Waals surface area contributed by atoms with Gasteiger partial charge in [-0.2, -0.15) is 0 Å². The minimum Gasteiger partial charge on any atom is -0.396 e. The first-order chi connectivity index (χ1) is 9.13. The molecule has 1 saturated carbocycles. The maximum absolute atomic E-state index is 13.4. The molecule has 0 aliphatic heterocycles. The monoisotopic (exact) mass is 268 g/mol. The van der Waals surface area contributed by atoms with Crippen LogP contribution in [0, 0.1) is 15.9 Å². The highest BCUT2D eigenvalue weighted by molar-refractivity contribution is 5.64. The summed E-state index contributed by atoms with van der Waals surface area (Å²) in [5.74, 6) is -0.478. The Balaban J connectivity index is 2.33. The van der Waals surface area contributed by atoms with E-state index in [1.807, 2.05) is 4.90 Å². The van der Waals surface area contributed by atoms with Gasteiger partial charge in [0.1, 0.15) is 11.5 Å². The zero-order valence-corrected chi connectivity index (χ0v) is 10.6. The topological polar surface area (TPSA) is 66.6 Å². The highest BCUT2D eigenvalue weighted by Crippen LogP contribution is 2.35. The van der Waals surface area contributed by atoms with Gasteiger partial charge in [-0.1, -0.05) is 0 Å². The molecular weight excluding hydrogens is 251 g/mol. The van der Waals surface area contributed by atoms with E-state index in [0.717, 1.165) is 25.3 Å². The van der Waals surface area contributed by atoms with Crippen LogP contribution in [0.3, 0.4) is 0 Å². The van der Waals surface area contributed by atoms with Gasteiger partial charge in [0.15, 0.2) is 0 Å². The Kier molecular flexibility index (Phi) is 4.31. The third-order valence-electron chi connectivity index (χ3n) is 3.52. The lowest BCUT2D eigenvalue weighted by Gasteiger charge is -2.38. The number of nitro groups is 1. The van der Waals surface area contributed by atoms with Gasteiger partial charge < -0.3 is 10.0 Å². The fourth-order valence-electron chi connectivity index (χ4n) is 2.32. The van der Waals surface area contributed by atoms with Gasteiger partial charge in [0, 0.05) is 31.3 Å². The van der Waals surface area contributed by atoms with Crippen molar-refractivity contribution in [2.75, 3.05) is 18.1 Å². The lowest BCUT2D eigenvalue weighted by Crippen LogP contribution is -2.41. The van der Waals surface area contributed by atoms with Gasteiger partial charge in [-0.05, 0) is 31.7 Å². The Morgan fingerprint density at radius 3 is 2.74 bits per heavy atom. The molecule has 1 aromatic carbocycles. The van der Waals surface area contributed by atoms with Crippen molar-refractivity contribution < 1.29 is 14.4 Å². The number of benzene rings is 1. The summed E-state index contributed by atoms with van der Waals surface area (Å²) in [6.45, 7) is 0.526. The normalized spacial score (nSPS) is 15.1. The van der Waals surface area contributed by atoms with Crippen LogP contribution in [0.2, 0.25) is 0 Å². The van der Waals surface area contributed by atoms with Crippen molar-refractivity contribution in [2.45, 2.75) is 31.7 Å². The molecule has 0 atom stereocenters. The number of anilines is 1. The first-order valence-electron chi connectivity index (χ1n) is 6.45. The number of aliphatic hydroxyl groups is 1. The molecule has 0 saturated heterocycles. The SMILES string of the molecule is O=[N+]([O-])c1ccc(F)cc1N(CCCO)C1CCC1. The molecule has 0 bridgehead atoms. The second-order valence-electron chi connectivity index (χ2n) is 4.75. The zero-order chi connectivity index (χ0) is 13.8. The predicted octanol–water partition coefficient (Wildman–Crippen LogP) is 2.48. The summed E-state index contributed by atoms with van der Waals surface area (Å²) in [5, 5.41) is 20.0. The summed E-state index contributed by atoms with van der Waals surface area (Å²) in [6, 6.07) is 3.74. The molecule has 1 aliphatic rings. The average Bonchev–Trinajstić information content (AvgIpc) is 2.31. The lowest BCUT2D eigenvalue weighted by molar-refractivity contribution is -0.384. The van der Waals surface area contributed by atoms with Crippen LogP contribution < -0.4 is 4.90 Å². The van der Waals surface area contributed by atoms with Crippen molar-refractivity contribution in [2.24, 2.45) is 0 Å². The predicted molar refractivity (Wildman–Crippen MR) is 69.7 cm³/mol. The van der Waals surface area contributed by atoms with E-state index in [0.29, 0.717) is 18.7 Å². The third kappa shape index (κ3) is 3.01. The van der Waals surface area contributed by atoms with E-state index in [4.69, 9.17) is 5.11 Å². The Morgan fingerprint density at radius 1 is 1.47 bits per heavy atom. The van der Waals surface area contributed by atoms with Gasteiger partial charge in [-0.25, -0.2) is 4.39 Å². The van der Waals surface area contributed by atoms with Gasteiger partial charge >= 0.3 is 0 Å². The van der Waals surface area contributed by atoms with E-state index >= 15 is 0 Å². The number of hydrogen-bond donors (Lipinski definition) is 1. The van der Waals surface area contributed by atoms with Gasteiger partial charge in [-0.15, -0.1) is 0 Å². The minimum absolute atomic E-state index is 0.0202. The van der Waals surface area contributed by atoms with Crippen molar-refractivity contribution in [1.82, 2.24) is 0 Å². The van der Waals surface area contributed by atoms with E-state index < -0.39 is 10.7 Å². The Bertz CT molecular complexity index is 463. The number of nitro benzene ring substituents is 1. The molecule has 0 aromatic heterocycles. The Morgan fingerprint density at radius 2 is 2.21 bits per heavy atom. The summed E-state index contributed by atoms with van der Waals surface area (Å²) in [4.78, 5) is 12.4. The van der Waals surface area contributed by atoms with Crippen molar-refractivity contribution in [1.29, 1.82) is 0 Å². The lowest BCUT2D eigenvalue weighted by atomic mass is 9.90. The van der Waals surface area contributed by atoms with Crippen LogP contribution in [0.25, 0.3) is 0 Å². The first-order valence-corrected chi connectivity index (χ1v) is 6.45. The van der Waals surface area contributed by atoms with E-state index in [9.17, 15) is 14.5 Å². The second-order valence-corrected chi connectivity index (χ2v) is 4.75. The molecule has 1 N–H and O–H groups in total. The number of rotatable bonds is 6. The second kappa shape index (κ2) is 5.97. The molecular formula is C13H17FN2O3. The summed E-state index contributed by atoms with van der Waals surface area (Å²) in [6.07, 6.45) is 3.52. The van der Waals surface area contributed by atoms with Gasteiger partial charge in [0.25, 0.3) is 5.69 Å². The van der Waals surface area contributed by atoms with Gasteiger partial charge in [-0.3, -0.25) is 10.1 Å². The molecule has 0 unspecified atom stereocenters. The number of nitrogens with zero attached hydrogens (tertiary/aromatic N) is 2. The van der Waals surface area contributed by atoms with Crippen LogP contribution in [0.4, 0.5) is 15.8 Å². The standard InChI is InChI=1S/C13H17FN2O3/c14-10-5-6-12(16(18)19)13(9-10)15(7-2-8-17)11-3-1-4-11/h5-6,9,11,17H,1-4,7-8H2. The molecule has 104 valence electrons. The van der Waals surface area contributed by atoms with Crippen molar-refractivity contribution >= 4 is 11.4 Å². The summed E-state index contributed by atoms with van der Waals surface area (Å²) < 4.78 is 13.4. The fraction of sp³-hybridized carbons (Fsp3) is 0.538. The van der Waals surface area contributed by atoms with Gasteiger partial charge in [0.05, 0.1) is 4.92 Å². The number of hydrogen-bond acceptors (Lipinski definition) is 4. The quantitative estimate of drug-likeness (QED) is 0.635. The maximum atomic E-state index is 13.4. The fourth-order valence-corrected chi connectivity index (χ4v) is 2.32. The zero-order valence-electron chi connectivity index (χ0n) is 10.6. The van der Waals surface area contributed by atoms with Crippen LogP contribution in [-0.2, 0) is 0 Å². The highest BCUT2D eigenvalue weighted by atomic mass is 19.1. The van der Waals surface area contributed by atoms with Crippen LogP contribution >= 0.6 is 0 Å². The molecule has 1 fully saturated rings. The largest absolute Gasteiger partial charge is 0.396 e. The van der Waals surface area contributed by atoms with E-state index in [1.54, 1.807) is 0 Å². The minimum atomic E-state index is -0.487.